The largest absolute Gasteiger partial charge is 0.468 e. The van der Waals surface area contributed by atoms with E-state index in [1.54, 1.807) is 11.8 Å². The van der Waals surface area contributed by atoms with E-state index in [1.807, 2.05) is 0 Å². The number of ether oxygens (including phenoxy) is 1. The summed E-state index contributed by atoms with van der Waals surface area (Å²) < 4.78 is 6.31. The maximum absolute atomic E-state index is 11.1. The van der Waals surface area contributed by atoms with Crippen molar-refractivity contribution in [3.05, 3.63) is 35.4 Å². The number of methoxy groups -OCH3 is 1. The number of rotatable bonds is 7. The molecule has 2 aromatic rings. The van der Waals surface area contributed by atoms with E-state index in [1.165, 1.54) is 41.3 Å². The Labute approximate surface area is 143 Å². The molecular formula is C15H18N2O2S3. The molecule has 1 aromatic carbocycles. The average Bonchev–Trinajstić information content (AvgIpc) is 2.99. The first-order valence-corrected chi connectivity index (χ1v) is 9.62. The molecule has 0 amide bonds. The first-order chi connectivity index (χ1) is 10.6. The summed E-state index contributed by atoms with van der Waals surface area (Å²) in [6.07, 6.45) is 0. The van der Waals surface area contributed by atoms with Crippen LogP contribution in [0.1, 0.15) is 30.9 Å². The van der Waals surface area contributed by atoms with Crippen molar-refractivity contribution in [2.75, 3.05) is 12.9 Å². The number of benzene rings is 1. The third-order valence-electron chi connectivity index (χ3n) is 2.94. The second kappa shape index (κ2) is 8.55. The molecule has 0 N–H and O–H groups in total. The fourth-order valence-electron chi connectivity index (χ4n) is 1.64. The molecule has 7 heteroatoms. The smallest absolute Gasteiger partial charge is 0.316 e. The van der Waals surface area contributed by atoms with Crippen LogP contribution < -0.4 is 0 Å². The molecule has 118 valence electrons. The lowest BCUT2D eigenvalue weighted by Gasteiger charge is -2.05. The zero-order valence-electron chi connectivity index (χ0n) is 12.7. The summed E-state index contributed by atoms with van der Waals surface area (Å²) in [4.78, 5) is 11.1. The molecule has 0 atom stereocenters. The molecule has 0 saturated heterocycles. The van der Waals surface area contributed by atoms with Gasteiger partial charge < -0.3 is 4.74 Å². The van der Waals surface area contributed by atoms with Gasteiger partial charge in [0.1, 0.15) is 0 Å². The van der Waals surface area contributed by atoms with Crippen LogP contribution in [0.3, 0.4) is 0 Å². The predicted molar refractivity (Wildman–Crippen MR) is 92.7 cm³/mol. The van der Waals surface area contributed by atoms with Crippen LogP contribution in [0.15, 0.2) is 32.9 Å². The van der Waals surface area contributed by atoms with E-state index >= 15 is 0 Å². The van der Waals surface area contributed by atoms with E-state index in [0.29, 0.717) is 5.92 Å². The molecule has 0 aliphatic rings. The highest BCUT2D eigenvalue weighted by Gasteiger charge is 2.09. The summed E-state index contributed by atoms with van der Waals surface area (Å²) in [5, 5.41) is 8.21. The van der Waals surface area contributed by atoms with Gasteiger partial charge in [0.25, 0.3) is 0 Å². The molecule has 0 spiro atoms. The average molecular weight is 355 g/mol. The lowest BCUT2D eigenvalue weighted by atomic mass is 10.0. The Morgan fingerprint density at radius 1 is 1.18 bits per heavy atom. The second-order valence-corrected chi connectivity index (χ2v) is 8.31. The minimum absolute atomic E-state index is 0.250. The van der Waals surface area contributed by atoms with E-state index in [4.69, 9.17) is 0 Å². The standard InChI is InChI=1S/C15H18N2O2S3/c1-10(2)12-6-4-11(5-7-12)8-20-14-16-17-15(22-14)21-9-13(18)19-3/h4-7,10H,8-9H2,1-3H3. The molecule has 0 saturated carbocycles. The predicted octanol–water partition coefficient (Wildman–Crippen LogP) is 4.22. The number of carbonyl (C=O) groups is 1. The van der Waals surface area contributed by atoms with Gasteiger partial charge in [-0.25, -0.2) is 0 Å². The fraction of sp³-hybridized carbons (Fsp3) is 0.400. The zero-order chi connectivity index (χ0) is 15.9. The van der Waals surface area contributed by atoms with Crippen molar-refractivity contribution in [3.8, 4) is 0 Å². The van der Waals surface area contributed by atoms with Crippen LogP contribution in [-0.2, 0) is 15.3 Å². The van der Waals surface area contributed by atoms with E-state index in [2.05, 4.69) is 53.0 Å². The third-order valence-corrected chi connectivity index (χ3v) is 6.17. The number of esters is 1. The van der Waals surface area contributed by atoms with Gasteiger partial charge in [0.05, 0.1) is 12.9 Å². The van der Waals surface area contributed by atoms with E-state index in [9.17, 15) is 4.79 Å². The molecule has 0 unspecified atom stereocenters. The molecule has 2 rings (SSSR count). The third kappa shape index (κ3) is 5.30. The van der Waals surface area contributed by atoms with Gasteiger partial charge in [-0.3, -0.25) is 4.79 Å². The van der Waals surface area contributed by atoms with Crippen LogP contribution in [0.25, 0.3) is 0 Å². The van der Waals surface area contributed by atoms with E-state index < -0.39 is 0 Å². The van der Waals surface area contributed by atoms with Crippen LogP contribution in [-0.4, -0.2) is 29.0 Å². The molecular weight excluding hydrogens is 336 g/mol. The molecule has 0 aliphatic carbocycles. The number of nitrogens with zero attached hydrogens (tertiary/aromatic N) is 2. The number of thioether (sulfide) groups is 2. The Hall–Kier alpha value is -1.05. The van der Waals surface area contributed by atoms with Gasteiger partial charge in [0.2, 0.25) is 0 Å². The Kier molecular flexibility index (Phi) is 6.72. The van der Waals surface area contributed by atoms with Crippen molar-refractivity contribution >= 4 is 40.8 Å². The molecule has 4 nitrogen and oxygen atoms in total. The van der Waals surface area contributed by atoms with Gasteiger partial charge in [0.15, 0.2) is 8.68 Å². The Morgan fingerprint density at radius 2 is 1.82 bits per heavy atom. The summed E-state index contributed by atoms with van der Waals surface area (Å²) in [6.45, 7) is 4.39. The van der Waals surface area contributed by atoms with E-state index in [0.717, 1.165) is 14.4 Å². The normalized spacial score (nSPS) is 10.9. The van der Waals surface area contributed by atoms with Crippen LogP contribution >= 0.6 is 34.9 Å². The number of hydrogen-bond donors (Lipinski definition) is 0. The highest BCUT2D eigenvalue weighted by Crippen LogP contribution is 2.30. The number of hydrogen-bond acceptors (Lipinski definition) is 7. The van der Waals surface area contributed by atoms with Crippen molar-refractivity contribution in [1.82, 2.24) is 10.2 Å². The molecule has 1 heterocycles. The van der Waals surface area contributed by atoms with E-state index in [-0.39, 0.29) is 11.7 Å². The van der Waals surface area contributed by atoms with Crippen molar-refractivity contribution in [2.45, 2.75) is 34.2 Å². The van der Waals surface area contributed by atoms with Gasteiger partial charge in [-0.2, -0.15) is 0 Å². The van der Waals surface area contributed by atoms with Gasteiger partial charge in [-0.1, -0.05) is 73.0 Å². The molecule has 22 heavy (non-hydrogen) atoms. The maximum Gasteiger partial charge on any atom is 0.316 e. The van der Waals surface area contributed by atoms with Crippen LogP contribution in [0.4, 0.5) is 0 Å². The summed E-state index contributed by atoms with van der Waals surface area (Å²) in [7, 11) is 1.38. The SMILES string of the molecule is COC(=O)CSc1nnc(SCc2ccc(C(C)C)cc2)s1. The minimum Gasteiger partial charge on any atom is -0.468 e. The minimum atomic E-state index is -0.250. The van der Waals surface area contributed by atoms with Gasteiger partial charge in [-0.15, -0.1) is 10.2 Å². The zero-order valence-corrected chi connectivity index (χ0v) is 15.2. The summed E-state index contributed by atoms with van der Waals surface area (Å²) in [5.74, 6) is 1.44. The van der Waals surface area contributed by atoms with Crippen molar-refractivity contribution in [1.29, 1.82) is 0 Å². The monoisotopic (exact) mass is 354 g/mol. The maximum atomic E-state index is 11.1. The highest BCUT2D eigenvalue weighted by molar-refractivity contribution is 8.03. The lowest BCUT2D eigenvalue weighted by molar-refractivity contribution is -0.137. The molecule has 1 aromatic heterocycles. The quantitative estimate of drug-likeness (QED) is 0.548. The van der Waals surface area contributed by atoms with Crippen LogP contribution in [0, 0.1) is 0 Å². The molecule has 0 bridgehead atoms. The number of carbonyl (C=O) groups excluding carboxylic acids is 1. The van der Waals surface area contributed by atoms with Crippen LogP contribution in [0.2, 0.25) is 0 Å². The molecule has 0 radical (unpaired) electrons. The van der Waals surface area contributed by atoms with Gasteiger partial charge >= 0.3 is 5.97 Å². The van der Waals surface area contributed by atoms with Crippen molar-refractivity contribution < 1.29 is 9.53 Å². The fourth-order valence-corrected chi connectivity index (χ4v) is 4.45. The first-order valence-electron chi connectivity index (χ1n) is 6.83. The molecule has 0 aliphatic heterocycles. The first kappa shape index (κ1) is 17.3. The Morgan fingerprint density at radius 3 is 2.41 bits per heavy atom. The summed E-state index contributed by atoms with van der Waals surface area (Å²) in [6, 6.07) is 8.68. The topological polar surface area (TPSA) is 52.1 Å². The highest BCUT2D eigenvalue weighted by atomic mass is 32.2. The van der Waals surface area contributed by atoms with Gasteiger partial charge in [-0.05, 0) is 17.0 Å². The van der Waals surface area contributed by atoms with Crippen LogP contribution in [0.5, 0.6) is 0 Å². The second-order valence-electron chi connectivity index (χ2n) is 4.88. The van der Waals surface area contributed by atoms with Gasteiger partial charge in [0, 0.05) is 5.75 Å². The van der Waals surface area contributed by atoms with Crippen molar-refractivity contribution in [2.24, 2.45) is 0 Å². The lowest BCUT2D eigenvalue weighted by Crippen LogP contribution is -2.02. The summed E-state index contributed by atoms with van der Waals surface area (Å²) >= 11 is 4.53. The Balaban J connectivity index is 1.84. The number of aromatic nitrogens is 2. The molecule has 0 fully saturated rings. The van der Waals surface area contributed by atoms with Crippen molar-refractivity contribution in [3.63, 3.8) is 0 Å². The summed E-state index contributed by atoms with van der Waals surface area (Å²) in [5.41, 5.74) is 2.62. The Bertz CT molecular complexity index is 612.